The van der Waals surface area contributed by atoms with Crippen LogP contribution in [0.1, 0.15) is 57.8 Å². The van der Waals surface area contributed by atoms with Crippen LogP contribution in [0.15, 0.2) is 0 Å². The Hall–Kier alpha value is -0.0800. The minimum absolute atomic E-state index is 0.280. The molecule has 0 spiro atoms. The van der Waals surface area contributed by atoms with Gasteiger partial charge in [0.15, 0.2) is 0 Å². The van der Waals surface area contributed by atoms with E-state index in [-0.39, 0.29) is 5.41 Å². The smallest absolute Gasteiger partial charge is 0.0499 e. The van der Waals surface area contributed by atoms with Gasteiger partial charge in [0.1, 0.15) is 0 Å². The van der Waals surface area contributed by atoms with Gasteiger partial charge in [-0.3, -0.25) is 0 Å². The number of hydrogen-bond donors (Lipinski definition) is 2. The van der Waals surface area contributed by atoms with E-state index in [0.717, 1.165) is 12.6 Å². The van der Waals surface area contributed by atoms with Crippen LogP contribution in [0.25, 0.3) is 0 Å². The Balaban J connectivity index is 1.68. The van der Waals surface area contributed by atoms with Gasteiger partial charge >= 0.3 is 0 Å². The summed E-state index contributed by atoms with van der Waals surface area (Å²) in [4.78, 5) is 0. The zero-order valence-electron chi connectivity index (χ0n) is 9.80. The van der Waals surface area contributed by atoms with Crippen LogP contribution in [0.4, 0.5) is 0 Å². The fourth-order valence-corrected chi connectivity index (χ4v) is 2.59. The van der Waals surface area contributed by atoms with Crippen LogP contribution >= 0.6 is 0 Å². The third-order valence-corrected chi connectivity index (χ3v) is 4.16. The van der Waals surface area contributed by atoms with E-state index in [9.17, 15) is 5.11 Å². The van der Waals surface area contributed by atoms with Crippen LogP contribution in [0.5, 0.6) is 0 Å². The minimum Gasteiger partial charge on any atom is -0.396 e. The lowest BCUT2D eigenvalue weighted by molar-refractivity contribution is 0.201. The first-order valence-electron chi connectivity index (χ1n) is 6.69. The van der Waals surface area contributed by atoms with Gasteiger partial charge in [0.25, 0.3) is 0 Å². The van der Waals surface area contributed by atoms with Crippen LogP contribution in [0, 0.1) is 5.41 Å². The summed E-state index contributed by atoms with van der Waals surface area (Å²) in [7, 11) is 0. The van der Waals surface area contributed by atoms with E-state index in [4.69, 9.17) is 0 Å². The Bertz CT molecular complexity index is 181. The Morgan fingerprint density at radius 3 is 2.13 bits per heavy atom. The molecular weight excluding hydrogens is 186 g/mol. The highest BCUT2D eigenvalue weighted by atomic mass is 16.3. The molecule has 2 aliphatic rings. The first-order chi connectivity index (χ1) is 7.35. The van der Waals surface area contributed by atoms with Crippen molar-refractivity contribution in [2.45, 2.75) is 63.8 Å². The molecule has 2 nitrogen and oxygen atoms in total. The second kappa shape index (κ2) is 5.31. The van der Waals surface area contributed by atoms with Crippen LogP contribution in [0.3, 0.4) is 0 Å². The molecule has 2 N–H and O–H groups in total. The summed E-state index contributed by atoms with van der Waals surface area (Å²) in [6.45, 7) is 1.43. The molecular formula is C13H25NO. The van der Waals surface area contributed by atoms with E-state index < -0.39 is 0 Å². The average Bonchev–Trinajstić information content (AvgIpc) is 2.97. The monoisotopic (exact) mass is 211 g/mol. The molecule has 2 fully saturated rings. The van der Waals surface area contributed by atoms with Crippen molar-refractivity contribution in [2.75, 3.05) is 13.2 Å². The molecule has 88 valence electrons. The maximum Gasteiger partial charge on any atom is 0.0499 e. The SMILES string of the molecule is OCC1(CNC2CCCCCCC2)CC1. The fourth-order valence-electron chi connectivity index (χ4n) is 2.59. The van der Waals surface area contributed by atoms with Crippen molar-refractivity contribution < 1.29 is 5.11 Å². The molecule has 0 aromatic heterocycles. The van der Waals surface area contributed by atoms with Crippen molar-refractivity contribution in [1.82, 2.24) is 5.32 Å². The van der Waals surface area contributed by atoms with E-state index in [2.05, 4.69) is 5.32 Å². The molecule has 15 heavy (non-hydrogen) atoms. The van der Waals surface area contributed by atoms with Crippen molar-refractivity contribution in [3.63, 3.8) is 0 Å². The zero-order valence-corrected chi connectivity index (χ0v) is 9.80. The second-order valence-corrected chi connectivity index (χ2v) is 5.58. The van der Waals surface area contributed by atoms with Gasteiger partial charge in [0.05, 0.1) is 0 Å². The van der Waals surface area contributed by atoms with E-state index >= 15 is 0 Å². The van der Waals surface area contributed by atoms with Crippen molar-refractivity contribution in [1.29, 1.82) is 0 Å². The second-order valence-electron chi connectivity index (χ2n) is 5.58. The predicted molar refractivity (Wildman–Crippen MR) is 62.9 cm³/mol. The van der Waals surface area contributed by atoms with Gasteiger partial charge in [0, 0.05) is 24.6 Å². The molecule has 0 atom stereocenters. The van der Waals surface area contributed by atoms with Crippen LogP contribution in [0.2, 0.25) is 0 Å². The van der Waals surface area contributed by atoms with Gasteiger partial charge in [-0.1, -0.05) is 32.1 Å². The molecule has 0 heterocycles. The quantitative estimate of drug-likeness (QED) is 0.748. The van der Waals surface area contributed by atoms with Gasteiger partial charge in [-0.25, -0.2) is 0 Å². The molecule has 0 bridgehead atoms. The maximum atomic E-state index is 9.25. The maximum absolute atomic E-state index is 9.25. The summed E-state index contributed by atoms with van der Waals surface area (Å²) in [6, 6.07) is 0.731. The van der Waals surface area contributed by atoms with E-state index in [0.29, 0.717) is 6.61 Å². The van der Waals surface area contributed by atoms with Gasteiger partial charge < -0.3 is 10.4 Å². The average molecular weight is 211 g/mol. The molecule has 0 aromatic rings. The lowest BCUT2D eigenvalue weighted by Crippen LogP contribution is -2.35. The molecule has 2 aliphatic carbocycles. The van der Waals surface area contributed by atoms with Crippen molar-refractivity contribution >= 4 is 0 Å². The lowest BCUT2D eigenvalue weighted by Gasteiger charge is -2.23. The van der Waals surface area contributed by atoms with Crippen molar-refractivity contribution in [2.24, 2.45) is 5.41 Å². The van der Waals surface area contributed by atoms with Gasteiger partial charge in [-0.05, 0) is 25.7 Å². The number of aliphatic hydroxyl groups excluding tert-OH is 1. The van der Waals surface area contributed by atoms with Gasteiger partial charge in [-0.15, -0.1) is 0 Å². The molecule has 0 unspecified atom stereocenters. The summed E-state index contributed by atoms with van der Waals surface area (Å²) in [5.41, 5.74) is 0.280. The highest BCUT2D eigenvalue weighted by molar-refractivity contribution is 4.95. The van der Waals surface area contributed by atoms with Crippen LogP contribution in [-0.4, -0.2) is 24.3 Å². The predicted octanol–water partition coefficient (Wildman–Crippen LogP) is 2.46. The Morgan fingerprint density at radius 2 is 1.60 bits per heavy atom. The lowest BCUT2D eigenvalue weighted by atomic mass is 9.96. The van der Waals surface area contributed by atoms with Gasteiger partial charge in [0.2, 0.25) is 0 Å². The van der Waals surface area contributed by atoms with E-state index in [1.165, 1.54) is 57.8 Å². The number of aliphatic hydroxyl groups is 1. The number of nitrogens with one attached hydrogen (secondary N) is 1. The highest BCUT2D eigenvalue weighted by Crippen LogP contribution is 2.44. The van der Waals surface area contributed by atoms with Crippen LogP contribution in [-0.2, 0) is 0 Å². The highest BCUT2D eigenvalue weighted by Gasteiger charge is 2.41. The zero-order chi connectivity index (χ0) is 10.6. The standard InChI is InChI=1S/C13H25NO/c15-11-13(8-9-13)10-14-12-6-4-2-1-3-5-7-12/h12,14-15H,1-11H2. The normalized spacial score (nSPS) is 27.0. The van der Waals surface area contributed by atoms with Crippen molar-refractivity contribution in [3.05, 3.63) is 0 Å². The van der Waals surface area contributed by atoms with Gasteiger partial charge in [-0.2, -0.15) is 0 Å². The first kappa shape index (κ1) is 11.4. The summed E-state index contributed by atoms with van der Waals surface area (Å²) in [5, 5.41) is 12.9. The van der Waals surface area contributed by atoms with Crippen molar-refractivity contribution in [3.8, 4) is 0 Å². The molecule has 0 saturated heterocycles. The summed E-state index contributed by atoms with van der Waals surface area (Å²) in [5.74, 6) is 0. The van der Waals surface area contributed by atoms with E-state index in [1.807, 2.05) is 0 Å². The summed E-state index contributed by atoms with van der Waals surface area (Å²) >= 11 is 0. The van der Waals surface area contributed by atoms with Crippen LogP contribution < -0.4 is 5.32 Å². The Labute approximate surface area is 93.5 Å². The molecule has 0 radical (unpaired) electrons. The minimum atomic E-state index is 0.280. The molecule has 2 saturated carbocycles. The third kappa shape index (κ3) is 3.46. The Morgan fingerprint density at radius 1 is 1.00 bits per heavy atom. The largest absolute Gasteiger partial charge is 0.396 e. The third-order valence-electron chi connectivity index (χ3n) is 4.16. The van der Waals surface area contributed by atoms with E-state index in [1.54, 1.807) is 0 Å². The number of hydrogen-bond acceptors (Lipinski definition) is 2. The Kier molecular flexibility index (Phi) is 4.04. The molecule has 2 rings (SSSR count). The first-order valence-corrected chi connectivity index (χ1v) is 6.69. The molecule has 0 aromatic carbocycles. The fraction of sp³-hybridized carbons (Fsp3) is 1.00. The molecule has 2 heteroatoms. The summed E-state index contributed by atoms with van der Waals surface area (Å²) < 4.78 is 0. The molecule has 0 aliphatic heterocycles. The number of rotatable bonds is 4. The topological polar surface area (TPSA) is 32.3 Å². The molecule has 0 amide bonds. The summed E-state index contributed by atoms with van der Waals surface area (Å²) in [6.07, 6.45) is 12.2.